The lowest BCUT2D eigenvalue weighted by molar-refractivity contribution is 0.0638. The molecule has 0 radical (unpaired) electrons. The maximum Gasteiger partial charge on any atom is 0.270 e. The molecule has 0 atom stereocenters. The molecule has 1 aromatic carbocycles. The Balaban J connectivity index is 1.86. The number of hydrogen-bond acceptors (Lipinski definition) is 3. The molecule has 3 rings (SSSR count). The summed E-state index contributed by atoms with van der Waals surface area (Å²) in [5.74, 6) is 0.896. The number of rotatable bonds is 3. The van der Waals surface area contributed by atoms with Gasteiger partial charge in [0, 0.05) is 43.1 Å². The predicted molar refractivity (Wildman–Crippen MR) is 87.6 cm³/mol. The molecule has 0 spiro atoms. The van der Waals surface area contributed by atoms with Gasteiger partial charge in [0.25, 0.3) is 5.91 Å². The first kappa shape index (κ1) is 14.9. The summed E-state index contributed by atoms with van der Waals surface area (Å²) in [6.07, 6.45) is 0. The fourth-order valence-electron chi connectivity index (χ4n) is 3.08. The monoisotopic (exact) mass is 301 g/mol. The molecule has 0 bridgehead atoms. The topological polar surface area (TPSA) is 48.6 Å². The van der Waals surface area contributed by atoms with Crippen molar-refractivity contribution in [1.29, 1.82) is 0 Å². The minimum Gasteiger partial charge on any atom is -0.497 e. The summed E-state index contributed by atoms with van der Waals surface area (Å²) in [7, 11) is 1.65. The van der Waals surface area contributed by atoms with Crippen LogP contribution in [0.2, 0.25) is 0 Å². The number of H-pyrrole nitrogens is 1. The van der Waals surface area contributed by atoms with E-state index in [-0.39, 0.29) is 5.91 Å². The number of aryl methyl sites for hydroxylation is 1. The van der Waals surface area contributed by atoms with Crippen LogP contribution in [0, 0.1) is 6.92 Å². The van der Waals surface area contributed by atoms with E-state index in [4.69, 9.17) is 4.74 Å². The van der Waals surface area contributed by atoms with E-state index < -0.39 is 0 Å². The molecule has 0 unspecified atom stereocenters. The van der Waals surface area contributed by atoms with Gasteiger partial charge in [-0.15, -0.1) is 0 Å². The third-order valence-electron chi connectivity index (χ3n) is 4.59. The molecule has 5 nitrogen and oxygen atoms in total. The number of carbonyl (C=O) groups is 1. The summed E-state index contributed by atoms with van der Waals surface area (Å²) in [5, 5.41) is 1.08. The minimum absolute atomic E-state index is 0.100. The van der Waals surface area contributed by atoms with Crippen molar-refractivity contribution < 1.29 is 9.53 Å². The smallest absolute Gasteiger partial charge is 0.270 e. The van der Waals surface area contributed by atoms with Gasteiger partial charge < -0.3 is 19.5 Å². The molecule has 1 aliphatic rings. The van der Waals surface area contributed by atoms with Crippen LogP contribution < -0.4 is 4.74 Å². The molecule has 1 N–H and O–H groups in total. The molecule has 2 heterocycles. The van der Waals surface area contributed by atoms with Gasteiger partial charge in [0.15, 0.2) is 0 Å². The quantitative estimate of drug-likeness (QED) is 0.946. The van der Waals surface area contributed by atoms with Crippen LogP contribution in [0.3, 0.4) is 0 Å². The average molecular weight is 301 g/mol. The zero-order valence-corrected chi connectivity index (χ0v) is 13.5. The molecule has 118 valence electrons. The lowest BCUT2D eigenvalue weighted by Gasteiger charge is -2.33. The van der Waals surface area contributed by atoms with E-state index in [2.05, 4.69) is 16.8 Å². The highest BCUT2D eigenvalue weighted by atomic mass is 16.5. The number of amides is 1. The maximum absolute atomic E-state index is 12.8. The highest BCUT2D eigenvalue weighted by Gasteiger charge is 2.24. The summed E-state index contributed by atoms with van der Waals surface area (Å²) in [4.78, 5) is 20.4. The molecule has 1 fully saturated rings. The SMILES string of the molecule is CCN1CCN(C(=O)c2[nH]c3cc(OC)ccc3c2C)CC1. The zero-order valence-electron chi connectivity index (χ0n) is 13.5. The number of nitrogens with zero attached hydrogens (tertiary/aromatic N) is 2. The van der Waals surface area contributed by atoms with Gasteiger partial charge in [-0.3, -0.25) is 4.79 Å². The van der Waals surface area contributed by atoms with Gasteiger partial charge in [0.05, 0.1) is 7.11 Å². The van der Waals surface area contributed by atoms with E-state index >= 15 is 0 Å². The normalized spacial score (nSPS) is 16.2. The molecule has 2 aromatic rings. The summed E-state index contributed by atoms with van der Waals surface area (Å²) >= 11 is 0. The number of aromatic nitrogens is 1. The number of nitrogens with one attached hydrogen (secondary N) is 1. The summed E-state index contributed by atoms with van der Waals surface area (Å²) in [6.45, 7) is 8.71. The van der Waals surface area contributed by atoms with Crippen molar-refractivity contribution in [3.8, 4) is 5.75 Å². The molecular weight excluding hydrogens is 278 g/mol. The van der Waals surface area contributed by atoms with Crippen LogP contribution in [-0.4, -0.2) is 60.5 Å². The first-order valence-electron chi connectivity index (χ1n) is 7.82. The fourth-order valence-corrected chi connectivity index (χ4v) is 3.08. The largest absolute Gasteiger partial charge is 0.497 e. The van der Waals surface area contributed by atoms with Crippen molar-refractivity contribution in [1.82, 2.24) is 14.8 Å². The Hall–Kier alpha value is -2.01. The minimum atomic E-state index is 0.100. The fraction of sp³-hybridized carbons (Fsp3) is 0.471. The van der Waals surface area contributed by atoms with Gasteiger partial charge in [0.2, 0.25) is 0 Å². The van der Waals surface area contributed by atoms with Crippen molar-refractivity contribution in [2.75, 3.05) is 39.8 Å². The van der Waals surface area contributed by atoms with Crippen molar-refractivity contribution in [2.24, 2.45) is 0 Å². The van der Waals surface area contributed by atoms with E-state index in [0.717, 1.165) is 54.9 Å². The van der Waals surface area contributed by atoms with Gasteiger partial charge in [-0.05, 0) is 31.2 Å². The summed E-state index contributed by atoms with van der Waals surface area (Å²) < 4.78 is 5.25. The molecule has 0 aliphatic carbocycles. The highest BCUT2D eigenvalue weighted by molar-refractivity contribution is 6.01. The van der Waals surface area contributed by atoms with Crippen LogP contribution in [0.25, 0.3) is 10.9 Å². The molecule has 1 aliphatic heterocycles. The van der Waals surface area contributed by atoms with Gasteiger partial charge in [0.1, 0.15) is 11.4 Å². The molecule has 0 saturated carbocycles. The first-order valence-corrected chi connectivity index (χ1v) is 7.82. The number of ether oxygens (including phenoxy) is 1. The lowest BCUT2D eigenvalue weighted by atomic mass is 10.1. The Bertz CT molecular complexity index is 685. The molecule has 5 heteroatoms. The number of fused-ring (bicyclic) bond motifs is 1. The van der Waals surface area contributed by atoms with E-state index in [9.17, 15) is 4.79 Å². The van der Waals surface area contributed by atoms with Crippen LogP contribution in [0.5, 0.6) is 5.75 Å². The predicted octanol–water partition coefficient (Wildman–Crippen LogP) is 2.26. The number of piperazine rings is 1. The highest BCUT2D eigenvalue weighted by Crippen LogP contribution is 2.26. The zero-order chi connectivity index (χ0) is 15.7. The lowest BCUT2D eigenvalue weighted by Crippen LogP contribution is -2.48. The standard InChI is InChI=1S/C17H23N3O2/c1-4-19-7-9-20(10-8-19)17(21)16-12(2)14-6-5-13(22-3)11-15(14)18-16/h5-6,11,18H,4,7-10H2,1-3H3. The summed E-state index contributed by atoms with van der Waals surface area (Å²) in [6, 6.07) is 5.87. The van der Waals surface area contributed by atoms with Crippen LogP contribution in [0.4, 0.5) is 0 Å². The van der Waals surface area contributed by atoms with E-state index in [0.29, 0.717) is 5.69 Å². The van der Waals surface area contributed by atoms with Crippen molar-refractivity contribution in [3.63, 3.8) is 0 Å². The van der Waals surface area contributed by atoms with E-state index in [1.165, 1.54) is 0 Å². The third kappa shape index (κ3) is 2.57. The van der Waals surface area contributed by atoms with E-state index in [1.807, 2.05) is 30.0 Å². The Morgan fingerprint density at radius 3 is 2.64 bits per heavy atom. The van der Waals surface area contributed by atoms with Crippen molar-refractivity contribution >= 4 is 16.8 Å². The van der Waals surface area contributed by atoms with Gasteiger partial charge >= 0.3 is 0 Å². The number of carbonyl (C=O) groups excluding carboxylic acids is 1. The molecular formula is C17H23N3O2. The molecule has 1 amide bonds. The number of hydrogen-bond donors (Lipinski definition) is 1. The Morgan fingerprint density at radius 1 is 1.27 bits per heavy atom. The second-order valence-electron chi connectivity index (χ2n) is 5.76. The molecule has 22 heavy (non-hydrogen) atoms. The van der Waals surface area contributed by atoms with Gasteiger partial charge in [-0.25, -0.2) is 0 Å². The van der Waals surface area contributed by atoms with Gasteiger partial charge in [-0.2, -0.15) is 0 Å². The Kier molecular flexibility index (Phi) is 4.07. The second-order valence-corrected chi connectivity index (χ2v) is 5.76. The molecule has 1 aromatic heterocycles. The Labute approximate surface area is 130 Å². The van der Waals surface area contributed by atoms with Crippen molar-refractivity contribution in [3.05, 3.63) is 29.5 Å². The summed E-state index contributed by atoms with van der Waals surface area (Å²) in [5.41, 5.74) is 2.67. The maximum atomic E-state index is 12.8. The van der Waals surface area contributed by atoms with E-state index in [1.54, 1.807) is 7.11 Å². The van der Waals surface area contributed by atoms with Crippen LogP contribution in [0.1, 0.15) is 23.0 Å². The van der Waals surface area contributed by atoms with Crippen LogP contribution in [-0.2, 0) is 0 Å². The third-order valence-corrected chi connectivity index (χ3v) is 4.59. The van der Waals surface area contributed by atoms with Crippen LogP contribution in [0.15, 0.2) is 18.2 Å². The molecule has 1 saturated heterocycles. The number of likely N-dealkylation sites (N-methyl/N-ethyl adjacent to an activating group) is 1. The van der Waals surface area contributed by atoms with Crippen LogP contribution >= 0.6 is 0 Å². The number of aromatic amines is 1. The number of methoxy groups -OCH3 is 1. The number of benzene rings is 1. The van der Waals surface area contributed by atoms with Crippen molar-refractivity contribution in [2.45, 2.75) is 13.8 Å². The van der Waals surface area contributed by atoms with Gasteiger partial charge in [-0.1, -0.05) is 6.92 Å². The average Bonchev–Trinajstić information content (AvgIpc) is 2.90. The second kappa shape index (κ2) is 6.01. The Morgan fingerprint density at radius 2 is 2.00 bits per heavy atom. The first-order chi connectivity index (χ1) is 10.6.